The molecule has 0 aliphatic heterocycles. The van der Waals surface area contributed by atoms with Gasteiger partial charge in [0.25, 0.3) is 0 Å². The van der Waals surface area contributed by atoms with Gasteiger partial charge in [-0.05, 0) is 23.8 Å². The van der Waals surface area contributed by atoms with Crippen LogP contribution in [0.25, 0.3) is 5.65 Å². The molecule has 3 rings (SSSR count). The molecule has 3 nitrogen and oxygen atoms in total. The number of aromatic hydroxyl groups is 1. The van der Waals surface area contributed by atoms with Crippen molar-refractivity contribution in [2.24, 2.45) is 0 Å². The number of aromatic nitrogens is 2. The molecule has 0 amide bonds. The molecule has 18 heavy (non-hydrogen) atoms. The van der Waals surface area contributed by atoms with E-state index in [-0.39, 0.29) is 5.75 Å². The molecule has 0 aliphatic carbocycles. The molecule has 0 unspecified atom stereocenters. The quantitative estimate of drug-likeness (QED) is 0.766. The van der Waals surface area contributed by atoms with Crippen molar-refractivity contribution in [3.63, 3.8) is 0 Å². The molecule has 4 heteroatoms. The largest absolute Gasteiger partial charge is 0.504 e. The highest BCUT2D eigenvalue weighted by molar-refractivity contribution is 6.31. The zero-order chi connectivity index (χ0) is 12.5. The van der Waals surface area contributed by atoms with Gasteiger partial charge in [0.15, 0.2) is 11.4 Å². The Labute approximate surface area is 109 Å². The summed E-state index contributed by atoms with van der Waals surface area (Å²) in [6.07, 6.45) is 4.41. The molecule has 0 spiro atoms. The van der Waals surface area contributed by atoms with E-state index in [4.69, 9.17) is 11.6 Å². The van der Waals surface area contributed by atoms with Crippen molar-refractivity contribution in [3.05, 3.63) is 65.1 Å². The van der Waals surface area contributed by atoms with E-state index in [1.165, 1.54) is 0 Å². The summed E-state index contributed by atoms with van der Waals surface area (Å²) in [4.78, 5) is 4.40. The summed E-state index contributed by atoms with van der Waals surface area (Å²) in [6.45, 7) is 0. The van der Waals surface area contributed by atoms with Gasteiger partial charge in [-0.1, -0.05) is 29.8 Å². The molecule has 0 fully saturated rings. The molecule has 3 aromatic rings. The SMILES string of the molecule is Oc1cccn2cc(Cc3ccccc3Cl)nc12. The highest BCUT2D eigenvalue weighted by atomic mass is 35.5. The van der Waals surface area contributed by atoms with Gasteiger partial charge < -0.3 is 9.51 Å². The Bertz CT molecular complexity index is 706. The van der Waals surface area contributed by atoms with Crippen LogP contribution in [0.2, 0.25) is 5.02 Å². The van der Waals surface area contributed by atoms with Crippen molar-refractivity contribution in [3.8, 4) is 5.75 Å². The first-order chi connectivity index (χ1) is 8.74. The summed E-state index contributed by atoms with van der Waals surface area (Å²) in [5.74, 6) is 0.183. The van der Waals surface area contributed by atoms with Gasteiger partial charge in [-0.25, -0.2) is 4.98 Å². The molecule has 1 N–H and O–H groups in total. The maximum Gasteiger partial charge on any atom is 0.179 e. The van der Waals surface area contributed by atoms with Gasteiger partial charge in [0.2, 0.25) is 0 Å². The second kappa shape index (κ2) is 4.35. The summed E-state index contributed by atoms with van der Waals surface area (Å²) in [7, 11) is 0. The molecule has 0 aliphatic rings. The number of fused-ring (bicyclic) bond motifs is 1. The predicted octanol–water partition coefficient (Wildman–Crippen LogP) is 3.28. The van der Waals surface area contributed by atoms with E-state index in [0.717, 1.165) is 16.3 Å². The summed E-state index contributed by atoms with van der Waals surface area (Å²) in [5.41, 5.74) is 2.48. The van der Waals surface area contributed by atoms with Crippen molar-refractivity contribution in [1.29, 1.82) is 0 Å². The van der Waals surface area contributed by atoms with Crippen LogP contribution >= 0.6 is 11.6 Å². The molecule has 2 aromatic heterocycles. The number of rotatable bonds is 2. The molecule has 0 saturated heterocycles. The maximum absolute atomic E-state index is 9.70. The minimum Gasteiger partial charge on any atom is -0.504 e. The predicted molar refractivity (Wildman–Crippen MR) is 71.1 cm³/mol. The lowest BCUT2D eigenvalue weighted by atomic mass is 10.1. The van der Waals surface area contributed by atoms with Gasteiger partial charge in [0.1, 0.15) is 0 Å². The Hall–Kier alpha value is -2.00. The monoisotopic (exact) mass is 258 g/mol. The fourth-order valence-corrected chi connectivity index (χ4v) is 2.17. The van der Waals surface area contributed by atoms with Gasteiger partial charge in [-0.2, -0.15) is 0 Å². The van der Waals surface area contributed by atoms with Crippen LogP contribution in [0, 0.1) is 0 Å². The van der Waals surface area contributed by atoms with Crippen molar-refractivity contribution in [2.75, 3.05) is 0 Å². The van der Waals surface area contributed by atoms with Crippen LogP contribution in [-0.2, 0) is 6.42 Å². The number of hydrogen-bond acceptors (Lipinski definition) is 2. The van der Waals surface area contributed by atoms with E-state index in [0.29, 0.717) is 12.1 Å². The molecule has 0 saturated carbocycles. The first-order valence-corrected chi connectivity index (χ1v) is 6.01. The number of nitrogens with zero attached hydrogens (tertiary/aromatic N) is 2. The van der Waals surface area contributed by atoms with Crippen molar-refractivity contribution >= 4 is 17.2 Å². The minimum atomic E-state index is 0.183. The lowest BCUT2D eigenvalue weighted by Gasteiger charge is -2.00. The lowest BCUT2D eigenvalue weighted by Crippen LogP contribution is -1.88. The normalized spacial score (nSPS) is 10.9. The third kappa shape index (κ3) is 1.93. The fourth-order valence-electron chi connectivity index (χ4n) is 1.97. The van der Waals surface area contributed by atoms with Crippen LogP contribution < -0.4 is 0 Å². The first-order valence-electron chi connectivity index (χ1n) is 5.63. The Morgan fingerprint density at radius 2 is 2.00 bits per heavy atom. The summed E-state index contributed by atoms with van der Waals surface area (Å²) in [5, 5.41) is 10.4. The van der Waals surface area contributed by atoms with E-state index in [9.17, 15) is 5.11 Å². The van der Waals surface area contributed by atoms with E-state index in [2.05, 4.69) is 4.98 Å². The molecule has 0 atom stereocenters. The van der Waals surface area contributed by atoms with Gasteiger partial charge >= 0.3 is 0 Å². The topological polar surface area (TPSA) is 37.5 Å². The second-order valence-electron chi connectivity index (χ2n) is 4.12. The summed E-state index contributed by atoms with van der Waals surface area (Å²) >= 11 is 6.12. The zero-order valence-corrected chi connectivity index (χ0v) is 10.3. The molecule has 90 valence electrons. The molecule has 0 radical (unpaired) electrons. The number of pyridine rings is 1. The average molecular weight is 259 g/mol. The van der Waals surface area contributed by atoms with Gasteiger partial charge in [-0.15, -0.1) is 0 Å². The Kier molecular flexibility index (Phi) is 2.68. The number of halogens is 1. The number of hydrogen-bond donors (Lipinski definition) is 1. The van der Waals surface area contributed by atoms with E-state index in [1.54, 1.807) is 12.1 Å². The molecular weight excluding hydrogens is 248 g/mol. The van der Waals surface area contributed by atoms with Crippen LogP contribution in [0.5, 0.6) is 5.75 Å². The molecular formula is C14H11ClN2O. The molecule has 2 heterocycles. The van der Waals surface area contributed by atoms with Crippen LogP contribution in [0.3, 0.4) is 0 Å². The Balaban J connectivity index is 2.01. The number of imidazole rings is 1. The minimum absolute atomic E-state index is 0.183. The van der Waals surface area contributed by atoms with Crippen LogP contribution in [0.15, 0.2) is 48.8 Å². The smallest absolute Gasteiger partial charge is 0.179 e. The highest BCUT2D eigenvalue weighted by Crippen LogP contribution is 2.21. The Morgan fingerprint density at radius 3 is 2.78 bits per heavy atom. The highest BCUT2D eigenvalue weighted by Gasteiger charge is 2.07. The summed E-state index contributed by atoms with van der Waals surface area (Å²) in [6, 6.07) is 11.1. The van der Waals surface area contributed by atoms with E-state index < -0.39 is 0 Å². The van der Waals surface area contributed by atoms with Gasteiger partial charge in [0.05, 0.1) is 5.69 Å². The van der Waals surface area contributed by atoms with Gasteiger partial charge in [0, 0.05) is 23.8 Å². The van der Waals surface area contributed by atoms with Gasteiger partial charge in [-0.3, -0.25) is 0 Å². The zero-order valence-electron chi connectivity index (χ0n) is 9.55. The van der Waals surface area contributed by atoms with Crippen LogP contribution in [0.1, 0.15) is 11.3 Å². The molecule has 0 bridgehead atoms. The fraction of sp³-hybridized carbons (Fsp3) is 0.0714. The summed E-state index contributed by atoms with van der Waals surface area (Å²) < 4.78 is 1.81. The van der Waals surface area contributed by atoms with E-state index in [1.807, 2.05) is 41.1 Å². The number of benzene rings is 1. The molecule has 1 aromatic carbocycles. The van der Waals surface area contributed by atoms with Crippen molar-refractivity contribution in [2.45, 2.75) is 6.42 Å². The maximum atomic E-state index is 9.70. The van der Waals surface area contributed by atoms with Crippen molar-refractivity contribution < 1.29 is 5.11 Å². The average Bonchev–Trinajstić information content (AvgIpc) is 2.76. The lowest BCUT2D eigenvalue weighted by molar-refractivity contribution is 0.477. The first kappa shape index (κ1) is 11.1. The Morgan fingerprint density at radius 1 is 1.17 bits per heavy atom. The standard InChI is InChI=1S/C14H11ClN2O/c15-12-5-2-1-4-10(12)8-11-9-17-7-3-6-13(18)14(17)16-11/h1-7,9,18H,8H2. The van der Waals surface area contributed by atoms with Crippen LogP contribution in [0.4, 0.5) is 0 Å². The van der Waals surface area contributed by atoms with Crippen molar-refractivity contribution in [1.82, 2.24) is 9.38 Å². The third-order valence-electron chi connectivity index (χ3n) is 2.84. The second-order valence-corrected chi connectivity index (χ2v) is 4.53. The van der Waals surface area contributed by atoms with E-state index >= 15 is 0 Å². The van der Waals surface area contributed by atoms with Crippen LogP contribution in [-0.4, -0.2) is 14.5 Å². The third-order valence-corrected chi connectivity index (χ3v) is 3.21.